The third-order valence-electron chi connectivity index (χ3n) is 4.63. The van der Waals surface area contributed by atoms with Crippen molar-refractivity contribution in [1.29, 1.82) is 0 Å². The highest BCUT2D eigenvalue weighted by atomic mass is 19.1. The van der Waals surface area contributed by atoms with Gasteiger partial charge in [-0.3, -0.25) is 4.79 Å². The Morgan fingerprint density at radius 1 is 1.30 bits per heavy atom. The molecule has 0 bridgehead atoms. The highest BCUT2D eigenvalue weighted by Gasteiger charge is 2.54. The zero-order valence-electron chi connectivity index (χ0n) is 12.5. The monoisotopic (exact) mass is 284 g/mol. The van der Waals surface area contributed by atoms with Crippen molar-refractivity contribution in [2.45, 2.75) is 64.6 Å². The van der Waals surface area contributed by atoms with Gasteiger partial charge in [0.1, 0.15) is 5.73 Å². The highest BCUT2D eigenvalue weighted by molar-refractivity contribution is 6.53. The standard InChI is InChI=1S/C14H22BFO4/c1-13(2)14(3,4)20-15(19-13)12(16)10-7-9(8-10)5-6-11(17)18/h9H,5-8H2,1-4H3,(H,17,18). The summed E-state index contributed by atoms with van der Waals surface area (Å²) in [5, 5.41) is 8.62. The fourth-order valence-corrected chi connectivity index (χ4v) is 2.48. The molecule has 20 heavy (non-hydrogen) atoms. The van der Waals surface area contributed by atoms with Crippen molar-refractivity contribution in [3.63, 3.8) is 0 Å². The van der Waals surface area contributed by atoms with E-state index in [1.165, 1.54) is 0 Å². The number of carbonyl (C=O) groups is 1. The van der Waals surface area contributed by atoms with E-state index in [1.54, 1.807) is 0 Å². The molecule has 1 saturated heterocycles. The molecule has 0 amide bonds. The predicted molar refractivity (Wildman–Crippen MR) is 73.8 cm³/mol. The molecule has 2 fully saturated rings. The van der Waals surface area contributed by atoms with Crippen LogP contribution in [-0.4, -0.2) is 29.4 Å². The molecule has 4 nitrogen and oxygen atoms in total. The van der Waals surface area contributed by atoms with E-state index in [2.05, 4.69) is 0 Å². The Bertz CT molecular complexity index is 420. The van der Waals surface area contributed by atoms with Crippen molar-refractivity contribution in [3.8, 4) is 0 Å². The lowest BCUT2D eigenvalue weighted by Gasteiger charge is -2.32. The van der Waals surface area contributed by atoms with E-state index in [9.17, 15) is 9.18 Å². The second-order valence-electron chi connectivity index (χ2n) is 6.75. The van der Waals surface area contributed by atoms with Gasteiger partial charge in [-0.15, -0.1) is 0 Å². The molecule has 112 valence electrons. The smallest absolute Gasteiger partial charge is 0.481 e. The highest BCUT2D eigenvalue weighted by Crippen LogP contribution is 2.44. The molecule has 0 aromatic rings. The topological polar surface area (TPSA) is 55.8 Å². The summed E-state index contributed by atoms with van der Waals surface area (Å²) in [5.41, 5.74) is -0.696. The van der Waals surface area contributed by atoms with Crippen LogP contribution in [0.15, 0.2) is 11.3 Å². The maximum atomic E-state index is 14.3. The Morgan fingerprint density at radius 3 is 2.25 bits per heavy atom. The average Bonchev–Trinajstić information content (AvgIpc) is 2.45. The quantitative estimate of drug-likeness (QED) is 0.806. The van der Waals surface area contributed by atoms with Crippen LogP contribution in [0.3, 0.4) is 0 Å². The summed E-state index contributed by atoms with van der Waals surface area (Å²) in [6.07, 6.45) is 1.98. The molecule has 1 aliphatic heterocycles. The third-order valence-corrected chi connectivity index (χ3v) is 4.63. The molecule has 0 unspecified atom stereocenters. The van der Waals surface area contributed by atoms with Crippen LogP contribution in [0, 0.1) is 5.92 Å². The summed E-state index contributed by atoms with van der Waals surface area (Å²) in [4.78, 5) is 10.5. The van der Waals surface area contributed by atoms with E-state index in [0.717, 1.165) is 0 Å². The van der Waals surface area contributed by atoms with Gasteiger partial charge in [-0.25, -0.2) is 4.39 Å². The summed E-state index contributed by atoms with van der Waals surface area (Å²) < 4.78 is 25.7. The molecule has 2 rings (SSSR count). The molecule has 1 N–H and O–H groups in total. The normalized spacial score (nSPS) is 27.4. The number of carboxylic acid groups (broad SMARTS) is 1. The average molecular weight is 284 g/mol. The van der Waals surface area contributed by atoms with Crippen LogP contribution in [0.25, 0.3) is 0 Å². The Balaban J connectivity index is 1.92. The van der Waals surface area contributed by atoms with E-state index < -0.39 is 24.3 Å². The van der Waals surface area contributed by atoms with E-state index in [-0.39, 0.29) is 18.1 Å². The minimum absolute atomic E-state index is 0.149. The van der Waals surface area contributed by atoms with Crippen LogP contribution < -0.4 is 0 Å². The molecule has 2 aliphatic rings. The lowest BCUT2D eigenvalue weighted by Crippen LogP contribution is -2.41. The number of aliphatic carboxylic acids is 1. The molecule has 1 saturated carbocycles. The van der Waals surface area contributed by atoms with Crippen LogP contribution >= 0.6 is 0 Å². The molecule has 0 radical (unpaired) electrons. The molecule has 1 heterocycles. The van der Waals surface area contributed by atoms with Crippen molar-refractivity contribution in [2.24, 2.45) is 5.92 Å². The van der Waals surface area contributed by atoms with Gasteiger partial charge in [-0.2, -0.15) is 0 Å². The summed E-state index contributed by atoms with van der Waals surface area (Å²) in [7, 11) is -0.921. The molecule has 0 atom stereocenters. The first kappa shape index (κ1) is 15.5. The molecular weight excluding hydrogens is 262 g/mol. The lowest BCUT2D eigenvalue weighted by molar-refractivity contribution is -0.137. The minimum Gasteiger partial charge on any atom is -0.481 e. The first-order valence-electron chi connectivity index (χ1n) is 7.07. The molecular formula is C14H22BFO4. The first-order chi connectivity index (χ1) is 9.12. The Labute approximate surface area is 119 Å². The first-order valence-corrected chi connectivity index (χ1v) is 7.07. The van der Waals surface area contributed by atoms with E-state index in [0.29, 0.717) is 24.8 Å². The summed E-state index contributed by atoms with van der Waals surface area (Å²) in [6.45, 7) is 7.56. The van der Waals surface area contributed by atoms with Crippen LogP contribution in [0.2, 0.25) is 0 Å². The second kappa shape index (κ2) is 5.15. The van der Waals surface area contributed by atoms with E-state index >= 15 is 0 Å². The number of allylic oxidation sites excluding steroid dienone is 1. The summed E-state index contributed by atoms with van der Waals surface area (Å²) in [6, 6.07) is 0. The molecule has 0 aromatic heterocycles. The van der Waals surface area contributed by atoms with Gasteiger partial charge in [-0.05, 0) is 58.4 Å². The van der Waals surface area contributed by atoms with E-state index in [4.69, 9.17) is 14.4 Å². The van der Waals surface area contributed by atoms with Crippen LogP contribution in [0.1, 0.15) is 53.4 Å². The number of halogens is 1. The van der Waals surface area contributed by atoms with Gasteiger partial charge in [0.05, 0.1) is 11.2 Å². The number of rotatable bonds is 4. The van der Waals surface area contributed by atoms with Crippen molar-refractivity contribution in [1.82, 2.24) is 0 Å². The molecule has 1 aliphatic carbocycles. The zero-order chi connectivity index (χ0) is 15.1. The molecule has 0 aromatic carbocycles. The van der Waals surface area contributed by atoms with Crippen molar-refractivity contribution < 1.29 is 23.6 Å². The maximum absolute atomic E-state index is 14.3. The number of carboxylic acids is 1. The summed E-state index contributed by atoms with van der Waals surface area (Å²) >= 11 is 0. The number of hydrogen-bond donors (Lipinski definition) is 1. The van der Waals surface area contributed by atoms with Gasteiger partial charge < -0.3 is 14.4 Å². The van der Waals surface area contributed by atoms with Crippen molar-refractivity contribution in [2.75, 3.05) is 0 Å². The van der Waals surface area contributed by atoms with Gasteiger partial charge in [0, 0.05) is 6.42 Å². The Hall–Kier alpha value is -0.875. The zero-order valence-corrected chi connectivity index (χ0v) is 12.5. The largest absolute Gasteiger partial charge is 0.525 e. The lowest BCUT2D eigenvalue weighted by atomic mass is 9.71. The van der Waals surface area contributed by atoms with Gasteiger partial charge in [0.25, 0.3) is 0 Å². The second-order valence-corrected chi connectivity index (χ2v) is 6.75. The molecule has 6 heteroatoms. The maximum Gasteiger partial charge on any atom is 0.525 e. The van der Waals surface area contributed by atoms with Gasteiger partial charge in [0.15, 0.2) is 0 Å². The minimum atomic E-state index is -0.921. The van der Waals surface area contributed by atoms with Gasteiger partial charge >= 0.3 is 13.1 Å². The predicted octanol–water partition coefficient (Wildman–Crippen LogP) is 3.12. The van der Waals surface area contributed by atoms with Crippen LogP contribution in [0.5, 0.6) is 0 Å². The van der Waals surface area contributed by atoms with Crippen molar-refractivity contribution >= 4 is 13.1 Å². The summed E-state index contributed by atoms with van der Waals surface area (Å²) in [5.74, 6) is -0.525. The number of hydrogen-bond acceptors (Lipinski definition) is 3. The third kappa shape index (κ3) is 2.91. The Morgan fingerprint density at radius 2 is 1.80 bits per heavy atom. The fourth-order valence-electron chi connectivity index (χ4n) is 2.48. The van der Waals surface area contributed by atoms with Gasteiger partial charge in [0.2, 0.25) is 0 Å². The van der Waals surface area contributed by atoms with E-state index in [1.807, 2.05) is 27.7 Å². The molecule has 0 spiro atoms. The van der Waals surface area contributed by atoms with Crippen molar-refractivity contribution in [3.05, 3.63) is 11.3 Å². The fraction of sp³-hybridized carbons (Fsp3) is 0.786. The Kier molecular flexibility index (Phi) is 3.99. The van der Waals surface area contributed by atoms with Crippen LogP contribution in [0.4, 0.5) is 4.39 Å². The van der Waals surface area contributed by atoms with Crippen LogP contribution in [-0.2, 0) is 14.1 Å². The van der Waals surface area contributed by atoms with Gasteiger partial charge in [-0.1, -0.05) is 0 Å². The SMILES string of the molecule is CC1(C)OB(C(F)=C2CC(CCC(=O)O)C2)OC1(C)C.